The van der Waals surface area contributed by atoms with Crippen molar-refractivity contribution in [3.05, 3.63) is 88.1 Å². The number of fused-ring (bicyclic) bond motifs is 1. The van der Waals surface area contributed by atoms with Gasteiger partial charge in [-0.25, -0.2) is 5.43 Å². The predicted molar refractivity (Wildman–Crippen MR) is 141 cm³/mol. The van der Waals surface area contributed by atoms with Gasteiger partial charge in [0.05, 0.1) is 24.5 Å². The lowest BCUT2D eigenvalue weighted by Crippen LogP contribution is -2.16. The number of amides is 1. The van der Waals surface area contributed by atoms with Gasteiger partial charge in [-0.3, -0.25) is 4.79 Å². The van der Waals surface area contributed by atoms with Crippen LogP contribution < -0.4 is 19.6 Å². The van der Waals surface area contributed by atoms with Crippen molar-refractivity contribution in [2.45, 2.75) is 27.4 Å². The van der Waals surface area contributed by atoms with E-state index in [-0.39, 0.29) is 5.76 Å². The number of hydrogen-bond acceptors (Lipinski definition) is 6. The van der Waals surface area contributed by atoms with Crippen LogP contribution in [0.5, 0.6) is 17.2 Å². The van der Waals surface area contributed by atoms with Crippen molar-refractivity contribution < 1.29 is 23.4 Å². The highest BCUT2D eigenvalue weighted by molar-refractivity contribution is 6.32. The topological polar surface area (TPSA) is 82.3 Å². The second kappa shape index (κ2) is 11.6. The van der Waals surface area contributed by atoms with Gasteiger partial charge < -0.3 is 18.6 Å². The Morgan fingerprint density at radius 3 is 2.64 bits per heavy atom. The molecule has 0 unspecified atom stereocenters. The molecule has 0 atom stereocenters. The van der Waals surface area contributed by atoms with E-state index >= 15 is 0 Å². The van der Waals surface area contributed by atoms with Gasteiger partial charge in [0.25, 0.3) is 0 Å². The minimum absolute atomic E-state index is 0.142. The fourth-order valence-corrected chi connectivity index (χ4v) is 3.91. The van der Waals surface area contributed by atoms with Crippen LogP contribution >= 0.6 is 11.6 Å². The quantitative estimate of drug-likeness (QED) is 0.195. The van der Waals surface area contributed by atoms with Gasteiger partial charge in [0, 0.05) is 5.39 Å². The number of benzene rings is 3. The van der Waals surface area contributed by atoms with Crippen molar-refractivity contribution in [3.8, 4) is 17.2 Å². The molecule has 1 amide bonds. The fourth-order valence-electron chi connectivity index (χ4n) is 3.63. The maximum absolute atomic E-state index is 12.5. The molecular formula is C28H27ClN2O5. The number of nitrogens with zero attached hydrogens (tertiary/aromatic N) is 1. The molecule has 4 rings (SSSR count). The highest BCUT2D eigenvalue weighted by Gasteiger charge is 2.14. The van der Waals surface area contributed by atoms with Crippen molar-refractivity contribution in [2.75, 3.05) is 13.2 Å². The molecule has 4 aromatic rings. The van der Waals surface area contributed by atoms with Crippen molar-refractivity contribution >= 4 is 34.7 Å². The Labute approximate surface area is 214 Å². The van der Waals surface area contributed by atoms with E-state index in [1.165, 1.54) is 6.21 Å². The number of aryl methyl sites for hydroxylation is 1. The van der Waals surface area contributed by atoms with Crippen LogP contribution in [-0.2, 0) is 6.61 Å². The summed E-state index contributed by atoms with van der Waals surface area (Å²) in [7, 11) is 0. The largest absolute Gasteiger partial charge is 0.494 e. The zero-order chi connectivity index (χ0) is 25.5. The molecule has 0 aliphatic heterocycles. The molecule has 186 valence electrons. The Morgan fingerprint density at radius 1 is 1.03 bits per heavy atom. The van der Waals surface area contributed by atoms with E-state index in [9.17, 15) is 4.79 Å². The van der Waals surface area contributed by atoms with Crippen LogP contribution in [0.1, 0.15) is 41.1 Å². The second-order valence-electron chi connectivity index (χ2n) is 7.98. The standard InChI is InChI=1S/C28H27ClN2O5/c1-4-33-22-9-10-24-21(14-22)15-26(36-24)28(32)31-30-16-20-12-23(29)27(25(13-20)34-5-2)35-17-19-8-6-7-18(3)11-19/h6-16H,4-5,17H2,1-3H3,(H,31,32)/b30-16+. The number of nitrogens with one attached hydrogen (secondary N) is 1. The van der Waals surface area contributed by atoms with Crippen LogP contribution in [0, 0.1) is 6.92 Å². The first-order chi connectivity index (χ1) is 17.5. The molecule has 36 heavy (non-hydrogen) atoms. The maximum atomic E-state index is 12.5. The molecule has 1 aromatic heterocycles. The van der Waals surface area contributed by atoms with Crippen LogP contribution in [0.4, 0.5) is 0 Å². The summed E-state index contributed by atoms with van der Waals surface area (Å²) in [4.78, 5) is 12.5. The minimum Gasteiger partial charge on any atom is -0.494 e. The number of carbonyl (C=O) groups excluding carboxylic acids is 1. The van der Waals surface area contributed by atoms with Gasteiger partial charge in [-0.05, 0) is 68.3 Å². The lowest BCUT2D eigenvalue weighted by Gasteiger charge is -2.14. The van der Waals surface area contributed by atoms with Crippen LogP contribution in [-0.4, -0.2) is 25.3 Å². The van der Waals surface area contributed by atoms with Crippen LogP contribution in [0.3, 0.4) is 0 Å². The van der Waals surface area contributed by atoms with Crippen molar-refractivity contribution in [3.63, 3.8) is 0 Å². The van der Waals surface area contributed by atoms with Gasteiger partial charge in [-0.2, -0.15) is 5.10 Å². The highest BCUT2D eigenvalue weighted by Crippen LogP contribution is 2.37. The summed E-state index contributed by atoms with van der Waals surface area (Å²) in [5, 5.41) is 5.19. The van der Waals surface area contributed by atoms with E-state index in [4.69, 9.17) is 30.2 Å². The number of carbonyl (C=O) groups is 1. The Hall–Kier alpha value is -3.97. The summed E-state index contributed by atoms with van der Waals surface area (Å²) in [6.45, 7) is 7.17. The maximum Gasteiger partial charge on any atom is 0.307 e. The molecule has 0 fully saturated rings. The summed E-state index contributed by atoms with van der Waals surface area (Å²) in [6, 6.07) is 18.5. The van der Waals surface area contributed by atoms with Crippen LogP contribution in [0.15, 0.2) is 70.2 Å². The van der Waals surface area contributed by atoms with Crippen LogP contribution in [0.25, 0.3) is 11.0 Å². The molecule has 3 aromatic carbocycles. The van der Waals surface area contributed by atoms with E-state index in [0.29, 0.717) is 53.2 Å². The van der Waals surface area contributed by atoms with Gasteiger partial charge in [-0.15, -0.1) is 0 Å². The average molecular weight is 507 g/mol. The molecule has 0 radical (unpaired) electrons. The van der Waals surface area contributed by atoms with E-state index in [1.54, 1.807) is 30.3 Å². The molecule has 7 nitrogen and oxygen atoms in total. The first kappa shape index (κ1) is 25.1. The molecule has 0 saturated carbocycles. The smallest absolute Gasteiger partial charge is 0.307 e. The Balaban J connectivity index is 1.45. The van der Waals surface area contributed by atoms with E-state index in [0.717, 1.165) is 16.5 Å². The highest BCUT2D eigenvalue weighted by atomic mass is 35.5. The Bertz CT molecular complexity index is 1400. The zero-order valence-corrected chi connectivity index (χ0v) is 21.1. The summed E-state index contributed by atoms with van der Waals surface area (Å²) in [5.41, 5.74) is 5.88. The number of rotatable bonds is 10. The first-order valence-corrected chi connectivity index (χ1v) is 12.0. The second-order valence-corrected chi connectivity index (χ2v) is 8.39. The summed E-state index contributed by atoms with van der Waals surface area (Å²) in [5.74, 6) is 1.32. The summed E-state index contributed by atoms with van der Waals surface area (Å²) in [6.07, 6.45) is 1.48. The normalized spacial score (nSPS) is 11.1. The lowest BCUT2D eigenvalue weighted by molar-refractivity contribution is 0.0929. The number of ether oxygens (including phenoxy) is 3. The first-order valence-electron chi connectivity index (χ1n) is 11.6. The third-order valence-electron chi connectivity index (χ3n) is 5.20. The van der Waals surface area contributed by atoms with Crippen molar-refractivity contribution in [2.24, 2.45) is 5.10 Å². The molecular weight excluding hydrogens is 480 g/mol. The van der Waals surface area contributed by atoms with Gasteiger partial charge >= 0.3 is 5.91 Å². The molecule has 0 saturated heterocycles. The third-order valence-corrected chi connectivity index (χ3v) is 5.48. The number of hydrogen-bond donors (Lipinski definition) is 1. The zero-order valence-electron chi connectivity index (χ0n) is 20.3. The van der Waals surface area contributed by atoms with E-state index in [2.05, 4.69) is 16.6 Å². The molecule has 0 aliphatic rings. The van der Waals surface area contributed by atoms with Gasteiger partial charge in [0.1, 0.15) is 17.9 Å². The van der Waals surface area contributed by atoms with Gasteiger partial charge in [-0.1, -0.05) is 41.4 Å². The van der Waals surface area contributed by atoms with Crippen molar-refractivity contribution in [1.29, 1.82) is 0 Å². The fraction of sp³-hybridized carbons (Fsp3) is 0.214. The minimum atomic E-state index is -0.477. The number of furan rings is 1. The molecule has 0 spiro atoms. The van der Waals surface area contributed by atoms with Crippen LogP contribution in [0.2, 0.25) is 5.02 Å². The number of halogens is 1. The lowest BCUT2D eigenvalue weighted by atomic mass is 10.1. The average Bonchev–Trinajstić information content (AvgIpc) is 3.28. The monoisotopic (exact) mass is 506 g/mol. The van der Waals surface area contributed by atoms with Gasteiger partial charge in [0.15, 0.2) is 17.3 Å². The molecule has 0 bridgehead atoms. The summed E-state index contributed by atoms with van der Waals surface area (Å²) < 4.78 is 22.8. The van der Waals surface area contributed by atoms with Gasteiger partial charge in [0.2, 0.25) is 0 Å². The van der Waals surface area contributed by atoms with Crippen molar-refractivity contribution in [1.82, 2.24) is 5.43 Å². The third kappa shape index (κ3) is 6.17. The van der Waals surface area contributed by atoms with E-state index < -0.39 is 5.91 Å². The molecule has 0 aliphatic carbocycles. The summed E-state index contributed by atoms with van der Waals surface area (Å²) >= 11 is 6.51. The van der Waals surface area contributed by atoms with E-state index in [1.807, 2.05) is 45.0 Å². The predicted octanol–water partition coefficient (Wildman–Crippen LogP) is 6.53. The SMILES string of the molecule is CCOc1ccc2oc(C(=O)N/N=C/c3cc(Cl)c(OCc4cccc(C)c4)c(OCC)c3)cc2c1. The molecule has 1 heterocycles. The molecule has 1 N–H and O–H groups in total. The molecule has 8 heteroatoms. The number of hydrazone groups is 1. The Morgan fingerprint density at radius 2 is 1.86 bits per heavy atom. The Kier molecular flexibility index (Phi) is 8.13.